The van der Waals surface area contributed by atoms with E-state index < -0.39 is 0 Å². The van der Waals surface area contributed by atoms with Crippen molar-refractivity contribution in [2.45, 2.75) is 46.1 Å². The van der Waals surface area contributed by atoms with Gasteiger partial charge in [-0.2, -0.15) is 0 Å². The lowest BCUT2D eigenvalue weighted by Crippen LogP contribution is -2.40. The van der Waals surface area contributed by atoms with Crippen LogP contribution >= 0.6 is 0 Å². The van der Waals surface area contributed by atoms with Gasteiger partial charge in [0.15, 0.2) is 0 Å². The Morgan fingerprint density at radius 2 is 1.56 bits per heavy atom. The van der Waals surface area contributed by atoms with Crippen LogP contribution in [0.15, 0.2) is 0 Å². The molecule has 0 aromatic rings. The monoisotopic (exact) mass is 129 g/mol. The second-order valence-corrected chi connectivity index (χ2v) is 3.33. The number of rotatable bonds is 3. The highest BCUT2D eigenvalue weighted by Crippen LogP contribution is 2.19. The van der Waals surface area contributed by atoms with E-state index in [0.717, 1.165) is 0 Å². The van der Waals surface area contributed by atoms with Crippen LogP contribution in [0.1, 0.15) is 40.5 Å². The molecule has 0 radical (unpaired) electrons. The molecule has 0 bridgehead atoms. The Balaban J connectivity index is 3.79. The van der Waals surface area contributed by atoms with Crippen LogP contribution in [-0.2, 0) is 0 Å². The van der Waals surface area contributed by atoms with Crippen molar-refractivity contribution < 1.29 is 0 Å². The molecule has 0 saturated heterocycles. The predicted molar refractivity (Wildman–Crippen MR) is 42.3 cm³/mol. The molecule has 0 amide bonds. The summed E-state index contributed by atoms with van der Waals surface area (Å²) in [6.07, 6.45) is 2.39. The highest BCUT2D eigenvalue weighted by atomic mass is 14.7. The van der Waals surface area contributed by atoms with E-state index in [9.17, 15) is 0 Å². The van der Waals surface area contributed by atoms with Gasteiger partial charge in [0.25, 0.3) is 0 Å². The van der Waals surface area contributed by atoms with E-state index >= 15 is 0 Å². The fourth-order valence-corrected chi connectivity index (χ4v) is 1.34. The molecule has 0 spiro atoms. The minimum Gasteiger partial charge on any atom is -0.325 e. The van der Waals surface area contributed by atoms with Crippen LogP contribution in [0.4, 0.5) is 0 Å². The third-order valence-corrected chi connectivity index (χ3v) is 2.04. The van der Waals surface area contributed by atoms with Gasteiger partial charge >= 0.3 is 0 Å². The standard InChI is InChI=1S/C8H19N/c1-5-7(6-2)8(3,4)9/h7H,5-6,9H2,1-4H3. The number of hydrogen-bond acceptors (Lipinski definition) is 1. The second kappa shape index (κ2) is 3.21. The Morgan fingerprint density at radius 1 is 1.22 bits per heavy atom. The Hall–Kier alpha value is -0.0400. The van der Waals surface area contributed by atoms with Crippen LogP contribution in [0.2, 0.25) is 0 Å². The van der Waals surface area contributed by atoms with Crippen LogP contribution in [0.25, 0.3) is 0 Å². The van der Waals surface area contributed by atoms with Gasteiger partial charge in [-0.25, -0.2) is 0 Å². The summed E-state index contributed by atoms with van der Waals surface area (Å²) in [5.74, 6) is 0.678. The topological polar surface area (TPSA) is 26.0 Å². The molecular weight excluding hydrogens is 110 g/mol. The molecule has 0 atom stereocenters. The van der Waals surface area contributed by atoms with Crippen molar-refractivity contribution in [2.24, 2.45) is 11.7 Å². The molecule has 2 N–H and O–H groups in total. The summed E-state index contributed by atoms with van der Waals surface area (Å²) in [6.45, 7) is 8.60. The molecule has 56 valence electrons. The zero-order valence-corrected chi connectivity index (χ0v) is 7.07. The largest absolute Gasteiger partial charge is 0.325 e. The lowest BCUT2D eigenvalue weighted by Gasteiger charge is -2.28. The molecule has 0 aliphatic carbocycles. The van der Waals surface area contributed by atoms with Gasteiger partial charge in [-0.3, -0.25) is 0 Å². The molecule has 0 heterocycles. The molecule has 0 aromatic carbocycles. The zero-order valence-electron chi connectivity index (χ0n) is 7.07. The number of nitrogens with two attached hydrogens (primary N) is 1. The lowest BCUT2D eigenvalue weighted by molar-refractivity contribution is 0.302. The predicted octanol–water partition coefficient (Wildman–Crippen LogP) is 2.16. The lowest BCUT2D eigenvalue weighted by atomic mass is 9.84. The van der Waals surface area contributed by atoms with Crippen LogP contribution in [0.3, 0.4) is 0 Å². The summed E-state index contributed by atoms with van der Waals surface area (Å²) in [6, 6.07) is 0. The maximum Gasteiger partial charge on any atom is 0.0125 e. The quantitative estimate of drug-likeness (QED) is 0.621. The highest BCUT2D eigenvalue weighted by molar-refractivity contribution is 4.79. The van der Waals surface area contributed by atoms with Gasteiger partial charge in [-0.15, -0.1) is 0 Å². The van der Waals surface area contributed by atoms with Crippen molar-refractivity contribution in [1.82, 2.24) is 0 Å². The minimum atomic E-state index is 0.0174. The van der Waals surface area contributed by atoms with Crippen molar-refractivity contribution >= 4 is 0 Å². The van der Waals surface area contributed by atoms with Crippen molar-refractivity contribution in [3.8, 4) is 0 Å². The first-order chi connectivity index (χ1) is 4.02. The van der Waals surface area contributed by atoms with Crippen LogP contribution in [0, 0.1) is 5.92 Å². The zero-order chi connectivity index (χ0) is 7.49. The molecule has 1 nitrogen and oxygen atoms in total. The molecule has 1 heteroatoms. The number of hydrogen-bond donors (Lipinski definition) is 1. The van der Waals surface area contributed by atoms with Gasteiger partial charge in [-0.05, 0) is 19.8 Å². The van der Waals surface area contributed by atoms with Crippen molar-refractivity contribution in [2.75, 3.05) is 0 Å². The maximum atomic E-state index is 5.90. The normalized spacial score (nSPS) is 12.7. The molecule has 0 fully saturated rings. The van der Waals surface area contributed by atoms with Crippen molar-refractivity contribution in [3.63, 3.8) is 0 Å². The van der Waals surface area contributed by atoms with E-state index in [1.54, 1.807) is 0 Å². The summed E-state index contributed by atoms with van der Waals surface area (Å²) < 4.78 is 0. The average molecular weight is 129 g/mol. The second-order valence-electron chi connectivity index (χ2n) is 3.33. The first-order valence-electron chi connectivity index (χ1n) is 3.81. The summed E-state index contributed by atoms with van der Waals surface area (Å²) in [7, 11) is 0. The molecule has 0 aliphatic heterocycles. The summed E-state index contributed by atoms with van der Waals surface area (Å²) in [4.78, 5) is 0. The minimum absolute atomic E-state index is 0.0174. The van der Waals surface area contributed by atoms with E-state index in [1.165, 1.54) is 12.8 Å². The van der Waals surface area contributed by atoms with E-state index in [4.69, 9.17) is 5.73 Å². The molecule has 9 heavy (non-hydrogen) atoms. The summed E-state index contributed by atoms with van der Waals surface area (Å²) >= 11 is 0. The van der Waals surface area contributed by atoms with Crippen molar-refractivity contribution in [1.29, 1.82) is 0 Å². The summed E-state index contributed by atoms with van der Waals surface area (Å²) in [5.41, 5.74) is 5.92. The van der Waals surface area contributed by atoms with Crippen LogP contribution in [0.5, 0.6) is 0 Å². The van der Waals surface area contributed by atoms with Crippen LogP contribution in [-0.4, -0.2) is 5.54 Å². The maximum absolute atomic E-state index is 5.90. The van der Waals surface area contributed by atoms with E-state index in [-0.39, 0.29) is 5.54 Å². The fraction of sp³-hybridized carbons (Fsp3) is 1.00. The summed E-state index contributed by atoms with van der Waals surface area (Å²) in [5, 5.41) is 0. The third kappa shape index (κ3) is 2.85. The van der Waals surface area contributed by atoms with E-state index in [0.29, 0.717) is 5.92 Å². The van der Waals surface area contributed by atoms with Crippen LogP contribution < -0.4 is 5.73 Å². The Morgan fingerprint density at radius 3 is 1.56 bits per heavy atom. The van der Waals surface area contributed by atoms with Crippen molar-refractivity contribution in [3.05, 3.63) is 0 Å². The highest BCUT2D eigenvalue weighted by Gasteiger charge is 2.20. The first-order valence-corrected chi connectivity index (χ1v) is 3.81. The molecule has 0 unspecified atom stereocenters. The Bertz CT molecular complexity index is 67.1. The van der Waals surface area contributed by atoms with Gasteiger partial charge in [0.2, 0.25) is 0 Å². The molecule has 0 rings (SSSR count). The van der Waals surface area contributed by atoms with Gasteiger partial charge in [0, 0.05) is 5.54 Å². The molecule has 0 saturated carbocycles. The van der Waals surface area contributed by atoms with Gasteiger partial charge in [0.05, 0.1) is 0 Å². The average Bonchev–Trinajstić information content (AvgIpc) is 1.65. The van der Waals surface area contributed by atoms with Gasteiger partial charge < -0.3 is 5.73 Å². The first kappa shape index (κ1) is 8.96. The van der Waals surface area contributed by atoms with Gasteiger partial charge in [-0.1, -0.05) is 26.7 Å². The smallest absolute Gasteiger partial charge is 0.0125 e. The third-order valence-electron chi connectivity index (χ3n) is 2.04. The van der Waals surface area contributed by atoms with Gasteiger partial charge in [0.1, 0.15) is 0 Å². The fourth-order valence-electron chi connectivity index (χ4n) is 1.34. The molecule has 0 aromatic heterocycles. The molecular formula is C8H19N. The van der Waals surface area contributed by atoms with E-state index in [2.05, 4.69) is 27.7 Å². The van der Waals surface area contributed by atoms with E-state index in [1.807, 2.05) is 0 Å². The Labute approximate surface area is 58.6 Å². The SMILES string of the molecule is CCC(CC)C(C)(C)N. The Kier molecular flexibility index (Phi) is 3.20. The molecule has 0 aliphatic rings.